The summed E-state index contributed by atoms with van der Waals surface area (Å²) in [5, 5.41) is 0. The number of hydrogen-bond donors (Lipinski definition) is 0. The van der Waals surface area contributed by atoms with Gasteiger partial charge in [0.1, 0.15) is 17.1 Å². The van der Waals surface area contributed by atoms with Crippen molar-refractivity contribution in [2.75, 3.05) is 20.8 Å². The summed E-state index contributed by atoms with van der Waals surface area (Å²) in [6.45, 7) is 4.84. The second-order valence-electron chi connectivity index (χ2n) is 7.37. The number of aryl methyl sites for hydroxylation is 1. The summed E-state index contributed by atoms with van der Waals surface area (Å²) in [6, 6.07) is 25.2. The lowest BCUT2D eigenvalue weighted by Gasteiger charge is -2.36. The molecule has 3 rings (SSSR count). The third-order valence-corrected chi connectivity index (χ3v) is 5.53. The normalized spacial score (nSPS) is 11.3. The van der Waals surface area contributed by atoms with Gasteiger partial charge in [-0.25, -0.2) is 0 Å². The van der Waals surface area contributed by atoms with Crippen LogP contribution in [0.1, 0.15) is 48.9 Å². The Kier molecular flexibility index (Phi) is 7.53. The molecule has 0 spiro atoms. The van der Waals surface area contributed by atoms with Crippen LogP contribution in [0.3, 0.4) is 0 Å². The van der Waals surface area contributed by atoms with E-state index in [1.54, 1.807) is 14.2 Å². The van der Waals surface area contributed by atoms with Gasteiger partial charge in [0.15, 0.2) is 0 Å². The first-order chi connectivity index (χ1) is 14.7. The van der Waals surface area contributed by atoms with Crippen LogP contribution in [0, 0.1) is 0 Å². The molecule has 3 aromatic carbocycles. The van der Waals surface area contributed by atoms with E-state index in [1.807, 2.05) is 31.2 Å². The number of ether oxygens (including phenoxy) is 3. The Balaban J connectivity index is 2.16. The van der Waals surface area contributed by atoms with Crippen LogP contribution in [0.5, 0.6) is 11.5 Å². The van der Waals surface area contributed by atoms with Crippen LogP contribution in [0.2, 0.25) is 0 Å². The first kappa shape index (κ1) is 21.9. The van der Waals surface area contributed by atoms with Crippen molar-refractivity contribution in [1.82, 2.24) is 0 Å². The molecule has 0 heterocycles. The predicted molar refractivity (Wildman–Crippen MR) is 123 cm³/mol. The minimum atomic E-state index is -0.712. The number of benzene rings is 3. The van der Waals surface area contributed by atoms with Gasteiger partial charge in [0.25, 0.3) is 0 Å². The highest BCUT2D eigenvalue weighted by atomic mass is 16.5. The van der Waals surface area contributed by atoms with Crippen molar-refractivity contribution in [2.45, 2.75) is 38.7 Å². The van der Waals surface area contributed by atoms with Gasteiger partial charge in [-0.15, -0.1) is 0 Å². The molecule has 30 heavy (non-hydrogen) atoms. The molecule has 3 heteroatoms. The molecule has 3 aromatic rings. The Labute approximate surface area is 180 Å². The lowest BCUT2D eigenvalue weighted by atomic mass is 9.79. The van der Waals surface area contributed by atoms with Crippen molar-refractivity contribution in [2.24, 2.45) is 0 Å². The van der Waals surface area contributed by atoms with Gasteiger partial charge < -0.3 is 14.2 Å². The van der Waals surface area contributed by atoms with Gasteiger partial charge in [0.05, 0.1) is 14.2 Å². The summed E-state index contributed by atoms with van der Waals surface area (Å²) in [5.41, 5.74) is 3.89. The van der Waals surface area contributed by atoms with Gasteiger partial charge in [-0.2, -0.15) is 0 Å². The van der Waals surface area contributed by atoms with Crippen LogP contribution in [0.15, 0.2) is 72.8 Å². The number of rotatable bonds is 10. The maximum absolute atomic E-state index is 6.57. The SMILES string of the molecule is CCCCc1ccc(C(OCC)(c2ccc(OC)cc2)c2ccc(OC)cc2)cc1. The van der Waals surface area contributed by atoms with Crippen LogP contribution in [-0.2, 0) is 16.8 Å². The van der Waals surface area contributed by atoms with Gasteiger partial charge >= 0.3 is 0 Å². The molecule has 0 radical (unpaired) electrons. The topological polar surface area (TPSA) is 27.7 Å². The van der Waals surface area contributed by atoms with Crippen LogP contribution < -0.4 is 9.47 Å². The summed E-state index contributed by atoms with van der Waals surface area (Å²) in [7, 11) is 3.37. The van der Waals surface area contributed by atoms with E-state index in [4.69, 9.17) is 14.2 Å². The van der Waals surface area contributed by atoms with E-state index in [0.717, 1.165) is 34.6 Å². The van der Waals surface area contributed by atoms with Gasteiger partial charge in [0.2, 0.25) is 0 Å². The molecule has 158 valence electrons. The van der Waals surface area contributed by atoms with E-state index in [1.165, 1.54) is 18.4 Å². The highest BCUT2D eigenvalue weighted by molar-refractivity contribution is 5.50. The Morgan fingerprint density at radius 2 is 1.07 bits per heavy atom. The largest absolute Gasteiger partial charge is 0.497 e. The van der Waals surface area contributed by atoms with Gasteiger partial charge in [-0.1, -0.05) is 61.9 Å². The monoisotopic (exact) mass is 404 g/mol. The molecule has 0 saturated heterocycles. The average Bonchev–Trinajstić information content (AvgIpc) is 2.82. The maximum Gasteiger partial charge on any atom is 0.143 e. The Hall–Kier alpha value is -2.78. The molecule has 0 amide bonds. The second-order valence-corrected chi connectivity index (χ2v) is 7.37. The van der Waals surface area contributed by atoms with Crippen molar-refractivity contribution < 1.29 is 14.2 Å². The minimum absolute atomic E-state index is 0.579. The van der Waals surface area contributed by atoms with Crippen molar-refractivity contribution in [3.63, 3.8) is 0 Å². The number of unbranched alkanes of at least 4 members (excludes halogenated alkanes) is 1. The van der Waals surface area contributed by atoms with Crippen molar-refractivity contribution in [3.05, 3.63) is 95.1 Å². The van der Waals surface area contributed by atoms with E-state index in [2.05, 4.69) is 55.5 Å². The van der Waals surface area contributed by atoms with E-state index in [-0.39, 0.29) is 0 Å². The fourth-order valence-corrected chi connectivity index (χ4v) is 3.90. The maximum atomic E-state index is 6.57. The van der Waals surface area contributed by atoms with Crippen LogP contribution in [0.4, 0.5) is 0 Å². The Morgan fingerprint density at radius 1 is 0.633 bits per heavy atom. The average molecular weight is 405 g/mol. The van der Waals surface area contributed by atoms with Gasteiger partial charge in [0, 0.05) is 6.61 Å². The molecular formula is C27H32O3. The fraction of sp³-hybridized carbons (Fsp3) is 0.333. The van der Waals surface area contributed by atoms with Crippen LogP contribution in [-0.4, -0.2) is 20.8 Å². The Bertz CT molecular complexity index is 849. The zero-order chi connectivity index (χ0) is 21.4. The summed E-state index contributed by atoms with van der Waals surface area (Å²) < 4.78 is 17.3. The third-order valence-electron chi connectivity index (χ3n) is 5.53. The van der Waals surface area contributed by atoms with E-state index in [0.29, 0.717) is 6.61 Å². The molecule has 0 aliphatic heterocycles. The number of hydrogen-bond acceptors (Lipinski definition) is 3. The first-order valence-electron chi connectivity index (χ1n) is 10.7. The summed E-state index contributed by atoms with van der Waals surface area (Å²) in [4.78, 5) is 0. The van der Waals surface area contributed by atoms with Crippen LogP contribution in [0.25, 0.3) is 0 Å². The quantitative estimate of drug-likeness (QED) is 0.367. The molecule has 0 aliphatic carbocycles. The Morgan fingerprint density at radius 3 is 1.43 bits per heavy atom. The lowest BCUT2D eigenvalue weighted by molar-refractivity contribution is 0.0215. The minimum Gasteiger partial charge on any atom is -0.497 e. The molecule has 3 nitrogen and oxygen atoms in total. The zero-order valence-electron chi connectivity index (χ0n) is 18.5. The fourth-order valence-electron chi connectivity index (χ4n) is 3.90. The predicted octanol–water partition coefficient (Wildman–Crippen LogP) is 6.37. The molecule has 0 saturated carbocycles. The van der Waals surface area contributed by atoms with Crippen molar-refractivity contribution in [1.29, 1.82) is 0 Å². The lowest BCUT2D eigenvalue weighted by Crippen LogP contribution is -2.33. The van der Waals surface area contributed by atoms with Gasteiger partial charge in [-0.3, -0.25) is 0 Å². The van der Waals surface area contributed by atoms with Crippen molar-refractivity contribution >= 4 is 0 Å². The standard InChI is InChI=1S/C27H32O3/c1-5-7-8-21-9-11-22(12-10-21)27(30-6-2,23-13-17-25(28-3)18-14-23)24-15-19-26(29-4)20-16-24/h9-20H,5-8H2,1-4H3. The van der Waals surface area contributed by atoms with Crippen LogP contribution >= 0.6 is 0 Å². The third kappa shape index (κ3) is 4.52. The highest BCUT2D eigenvalue weighted by Crippen LogP contribution is 2.41. The van der Waals surface area contributed by atoms with E-state index < -0.39 is 5.60 Å². The summed E-state index contributed by atoms with van der Waals surface area (Å²) >= 11 is 0. The van der Waals surface area contributed by atoms with Crippen molar-refractivity contribution in [3.8, 4) is 11.5 Å². The highest BCUT2D eigenvalue weighted by Gasteiger charge is 2.37. The zero-order valence-corrected chi connectivity index (χ0v) is 18.5. The molecule has 0 aromatic heterocycles. The second kappa shape index (κ2) is 10.3. The summed E-state index contributed by atoms with van der Waals surface area (Å²) in [6.07, 6.45) is 3.50. The summed E-state index contributed by atoms with van der Waals surface area (Å²) in [5.74, 6) is 1.66. The van der Waals surface area contributed by atoms with Gasteiger partial charge in [-0.05, 0) is 66.3 Å². The molecule has 0 N–H and O–H groups in total. The molecular weight excluding hydrogens is 372 g/mol. The first-order valence-corrected chi connectivity index (χ1v) is 10.7. The molecule has 0 atom stereocenters. The molecule has 0 bridgehead atoms. The van der Waals surface area contributed by atoms with E-state index >= 15 is 0 Å². The smallest absolute Gasteiger partial charge is 0.143 e. The number of methoxy groups -OCH3 is 2. The molecule has 0 unspecified atom stereocenters. The molecule has 0 fully saturated rings. The molecule has 0 aliphatic rings. The van der Waals surface area contributed by atoms with E-state index in [9.17, 15) is 0 Å².